The second-order valence-electron chi connectivity index (χ2n) is 6.59. The molecule has 1 N–H and O–H groups in total. The predicted octanol–water partition coefficient (Wildman–Crippen LogP) is 2.07. The topological polar surface area (TPSA) is 111 Å². The van der Waals surface area contributed by atoms with Crippen molar-refractivity contribution in [3.63, 3.8) is 0 Å². The number of methoxy groups -OCH3 is 1. The molecule has 0 unspecified atom stereocenters. The molecule has 2 aromatic heterocycles. The highest BCUT2D eigenvalue weighted by Gasteiger charge is 2.36. The van der Waals surface area contributed by atoms with Gasteiger partial charge >= 0.3 is 12.0 Å². The molecule has 30 heavy (non-hydrogen) atoms. The van der Waals surface area contributed by atoms with Crippen LogP contribution in [0.2, 0.25) is 0 Å². The van der Waals surface area contributed by atoms with Crippen molar-refractivity contribution in [2.75, 3.05) is 7.11 Å². The molecule has 0 atom stereocenters. The summed E-state index contributed by atoms with van der Waals surface area (Å²) in [4.78, 5) is 50.1. The Morgan fingerprint density at radius 2 is 1.97 bits per heavy atom. The number of amides is 4. The van der Waals surface area contributed by atoms with Crippen molar-refractivity contribution in [3.8, 4) is 0 Å². The molecule has 0 bridgehead atoms. The number of benzene rings is 1. The zero-order chi connectivity index (χ0) is 21.3. The molecule has 3 heterocycles. The zero-order valence-electron chi connectivity index (χ0n) is 16.0. The number of ether oxygens (including phenoxy) is 1. The third-order valence-corrected chi connectivity index (χ3v) is 4.73. The van der Waals surface area contributed by atoms with Crippen LogP contribution in [0.5, 0.6) is 0 Å². The molecule has 4 rings (SSSR count). The second-order valence-corrected chi connectivity index (χ2v) is 6.59. The summed E-state index contributed by atoms with van der Waals surface area (Å²) in [5, 5.41) is 2.91. The van der Waals surface area contributed by atoms with E-state index in [2.05, 4.69) is 5.32 Å². The van der Waals surface area contributed by atoms with Gasteiger partial charge in [0.05, 0.1) is 19.9 Å². The van der Waals surface area contributed by atoms with Crippen LogP contribution in [0.4, 0.5) is 4.79 Å². The van der Waals surface area contributed by atoms with Crippen molar-refractivity contribution in [3.05, 3.63) is 65.8 Å². The molecule has 0 saturated carbocycles. The van der Waals surface area contributed by atoms with Crippen LogP contribution in [-0.2, 0) is 32.2 Å². The largest absolute Gasteiger partial charge is 0.468 e. The van der Waals surface area contributed by atoms with Gasteiger partial charge in [0.15, 0.2) is 0 Å². The number of barbiturate groups is 1. The van der Waals surface area contributed by atoms with Gasteiger partial charge in [-0.15, -0.1) is 0 Å². The number of rotatable bonds is 5. The number of aromatic nitrogens is 1. The van der Waals surface area contributed by atoms with Gasteiger partial charge < -0.3 is 13.7 Å². The van der Waals surface area contributed by atoms with Crippen molar-refractivity contribution in [2.45, 2.75) is 13.1 Å². The summed E-state index contributed by atoms with van der Waals surface area (Å²) in [6.07, 6.45) is 4.50. The van der Waals surface area contributed by atoms with Crippen LogP contribution in [0.15, 0.2) is 58.8 Å². The molecular weight excluding hydrogens is 390 g/mol. The van der Waals surface area contributed by atoms with Gasteiger partial charge in [0.1, 0.15) is 17.9 Å². The minimum Gasteiger partial charge on any atom is -0.468 e. The summed E-state index contributed by atoms with van der Waals surface area (Å²) < 4.78 is 11.6. The van der Waals surface area contributed by atoms with E-state index in [1.807, 2.05) is 24.3 Å². The fraction of sp³-hybridized carbons (Fsp3) is 0.143. The van der Waals surface area contributed by atoms with Gasteiger partial charge in [-0.25, -0.2) is 4.79 Å². The lowest BCUT2D eigenvalue weighted by atomic mass is 10.1. The molecular formula is C21H17N3O6. The first-order valence-corrected chi connectivity index (χ1v) is 9.04. The van der Waals surface area contributed by atoms with Crippen molar-refractivity contribution < 1.29 is 28.3 Å². The van der Waals surface area contributed by atoms with E-state index in [9.17, 15) is 19.2 Å². The van der Waals surface area contributed by atoms with Crippen LogP contribution in [-0.4, -0.2) is 40.4 Å². The summed E-state index contributed by atoms with van der Waals surface area (Å²) in [6, 6.07) is 9.70. The Hall–Kier alpha value is -4.14. The van der Waals surface area contributed by atoms with Gasteiger partial charge in [-0.2, -0.15) is 0 Å². The summed E-state index contributed by atoms with van der Waals surface area (Å²) in [6.45, 7) is -0.129. The Morgan fingerprint density at radius 3 is 2.70 bits per heavy atom. The average Bonchev–Trinajstić information content (AvgIpc) is 3.37. The van der Waals surface area contributed by atoms with Crippen molar-refractivity contribution >= 4 is 40.8 Å². The molecule has 1 saturated heterocycles. The molecule has 0 radical (unpaired) electrons. The first kappa shape index (κ1) is 19.2. The molecule has 152 valence electrons. The van der Waals surface area contributed by atoms with Crippen LogP contribution in [0.25, 0.3) is 17.0 Å². The number of carbonyl (C=O) groups excluding carboxylic acids is 4. The number of hydrogen-bond acceptors (Lipinski definition) is 6. The third kappa shape index (κ3) is 3.48. The molecule has 9 heteroatoms. The maximum absolute atomic E-state index is 12.9. The van der Waals surface area contributed by atoms with Crippen LogP contribution < -0.4 is 5.32 Å². The molecule has 0 aliphatic carbocycles. The number of furan rings is 1. The molecule has 3 aromatic rings. The highest BCUT2D eigenvalue weighted by molar-refractivity contribution is 6.31. The Bertz CT molecular complexity index is 1190. The molecule has 1 aromatic carbocycles. The predicted molar refractivity (Wildman–Crippen MR) is 105 cm³/mol. The Balaban J connectivity index is 1.73. The number of hydrogen-bond donors (Lipinski definition) is 1. The van der Waals surface area contributed by atoms with Gasteiger partial charge in [-0.3, -0.25) is 24.6 Å². The second kappa shape index (κ2) is 7.70. The van der Waals surface area contributed by atoms with Gasteiger partial charge in [0, 0.05) is 22.7 Å². The Morgan fingerprint density at radius 1 is 1.17 bits per heavy atom. The molecule has 9 nitrogen and oxygen atoms in total. The first-order valence-electron chi connectivity index (χ1n) is 9.04. The van der Waals surface area contributed by atoms with E-state index in [0.29, 0.717) is 11.3 Å². The monoisotopic (exact) mass is 407 g/mol. The van der Waals surface area contributed by atoms with Crippen molar-refractivity contribution in [1.82, 2.24) is 14.8 Å². The smallest absolute Gasteiger partial charge is 0.331 e. The number of imide groups is 2. The van der Waals surface area contributed by atoms with E-state index in [1.54, 1.807) is 22.9 Å². The van der Waals surface area contributed by atoms with Crippen LogP contribution in [0, 0.1) is 0 Å². The third-order valence-electron chi connectivity index (χ3n) is 4.73. The number of esters is 1. The standard InChI is InChI=1S/C21H17N3O6/c1-29-18(25)12-23-10-13(15-6-2-3-7-17(15)23)9-16-19(26)22-21(28)24(20(16)27)11-14-5-4-8-30-14/h2-10H,11-12H2,1H3,(H,22,26,28). The minimum absolute atomic E-state index is 0.0244. The summed E-state index contributed by atoms with van der Waals surface area (Å²) in [7, 11) is 1.30. The fourth-order valence-corrected chi connectivity index (χ4v) is 3.28. The number of nitrogens with zero attached hydrogens (tertiary/aromatic N) is 2. The van der Waals surface area contributed by atoms with E-state index in [4.69, 9.17) is 9.15 Å². The Labute approximate surface area is 170 Å². The lowest BCUT2D eigenvalue weighted by Gasteiger charge is -2.25. The van der Waals surface area contributed by atoms with E-state index < -0.39 is 23.8 Å². The Kier molecular flexibility index (Phi) is 4.93. The molecule has 1 aliphatic rings. The zero-order valence-corrected chi connectivity index (χ0v) is 16.0. The maximum atomic E-state index is 12.9. The summed E-state index contributed by atoms with van der Waals surface area (Å²) >= 11 is 0. The number of nitrogens with one attached hydrogen (secondary N) is 1. The molecule has 0 spiro atoms. The lowest BCUT2D eigenvalue weighted by molar-refractivity contribution is -0.141. The van der Waals surface area contributed by atoms with Gasteiger partial charge in [0.2, 0.25) is 0 Å². The van der Waals surface area contributed by atoms with Crippen LogP contribution in [0.1, 0.15) is 11.3 Å². The number of carbonyl (C=O) groups is 4. The first-order chi connectivity index (χ1) is 14.5. The summed E-state index contributed by atoms with van der Waals surface area (Å²) in [5.41, 5.74) is 1.10. The van der Waals surface area contributed by atoms with Gasteiger partial charge in [-0.1, -0.05) is 18.2 Å². The summed E-state index contributed by atoms with van der Waals surface area (Å²) in [5.74, 6) is -1.55. The normalized spacial score (nSPS) is 15.7. The number of para-hydroxylation sites is 1. The van der Waals surface area contributed by atoms with Crippen LogP contribution in [0.3, 0.4) is 0 Å². The molecule has 1 fully saturated rings. The van der Waals surface area contributed by atoms with Gasteiger partial charge in [-0.05, 0) is 24.3 Å². The average molecular weight is 407 g/mol. The van der Waals surface area contributed by atoms with Crippen LogP contribution >= 0.6 is 0 Å². The quantitative estimate of drug-likeness (QED) is 0.394. The van der Waals surface area contributed by atoms with Crippen molar-refractivity contribution in [1.29, 1.82) is 0 Å². The number of fused-ring (bicyclic) bond motifs is 1. The van der Waals surface area contributed by atoms with E-state index in [0.717, 1.165) is 15.8 Å². The van der Waals surface area contributed by atoms with Gasteiger partial charge in [0.25, 0.3) is 11.8 Å². The van der Waals surface area contributed by atoms with Crippen molar-refractivity contribution in [2.24, 2.45) is 0 Å². The molecule has 1 aliphatic heterocycles. The lowest BCUT2D eigenvalue weighted by Crippen LogP contribution is -2.53. The SMILES string of the molecule is COC(=O)Cn1cc(C=C2C(=O)NC(=O)N(Cc3ccco3)C2=O)c2ccccc21. The van der Waals surface area contributed by atoms with E-state index in [-0.39, 0.29) is 18.7 Å². The highest BCUT2D eigenvalue weighted by atomic mass is 16.5. The maximum Gasteiger partial charge on any atom is 0.331 e. The fourth-order valence-electron chi connectivity index (χ4n) is 3.28. The molecule has 4 amide bonds. The van der Waals surface area contributed by atoms with E-state index in [1.165, 1.54) is 19.4 Å². The number of urea groups is 1. The highest BCUT2D eigenvalue weighted by Crippen LogP contribution is 2.25. The minimum atomic E-state index is -0.813. The van der Waals surface area contributed by atoms with E-state index >= 15 is 0 Å².